The molecule has 35 heavy (non-hydrogen) atoms. The fourth-order valence-electron chi connectivity index (χ4n) is 5.62. The highest BCUT2D eigenvalue weighted by Gasteiger charge is 2.72. The predicted octanol–water partition coefficient (Wildman–Crippen LogP) is 4.59. The zero-order valence-corrected chi connectivity index (χ0v) is 21.5. The molecule has 3 atom stereocenters. The summed E-state index contributed by atoms with van der Waals surface area (Å²) in [6.45, 7) is 8.00. The lowest BCUT2D eigenvalue weighted by Gasteiger charge is -2.26. The SMILES string of the molecule is Cc1cc(Cl)cc(-c2ccnc3nc(CN4C(=O)C5C(C4=O)C5(C)C)sc23)c1O[C@H]1CCCNC1. The molecule has 1 saturated carbocycles. The number of aromatic nitrogens is 2. The largest absolute Gasteiger partial charge is 0.488 e. The minimum Gasteiger partial charge on any atom is -0.488 e. The maximum atomic E-state index is 12.8. The Balaban J connectivity index is 1.35. The summed E-state index contributed by atoms with van der Waals surface area (Å²) in [6, 6.07) is 5.80. The molecular formula is C26H27ClN4O3S. The molecule has 3 aliphatic rings. The highest BCUT2D eigenvalue weighted by molar-refractivity contribution is 7.19. The van der Waals surface area contributed by atoms with Crippen LogP contribution in [0.1, 0.15) is 37.3 Å². The van der Waals surface area contributed by atoms with E-state index in [0.29, 0.717) is 15.7 Å². The second-order valence-electron chi connectivity index (χ2n) is 10.3. The number of likely N-dealkylation sites (tertiary alicyclic amines) is 1. The summed E-state index contributed by atoms with van der Waals surface area (Å²) in [6.07, 6.45) is 3.91. The number of piperidine rings is 2. The zero-order chi connectivity index (χ0) is 24.5. The number of nitrogens with zero attached hydrogens (tertiary/aromatic N) is 3. The maximum absolute atomic E-state index is 12.8. The lowest BCUT2D eigenvalue weighted by Crippen LogP contribution is -2.37. The van der Waals surface area contributed by atoms with Gasteiger partial charge in [-0.05, 0) is 55.5 Å². The van der Waals surface area contributed by atoms with E-state index in [1.165, 1.54) is 16.2 Å². The lowest BCUT2D eigenvalue weighted by atomic mass is 10.0. The summed E-state index contributed by atoms with van der Waals surface area (Å²) in [5.41, 5.74) is 3.19. The molecule has 182 valence electrons. The number of hydrogen-bond donors (Lipinski definition) is 1. The van der Waals surface area contributed by atoms with Gasteiger partial charge < -0.3 is 10.1 Å². The Labute approximate surface area is 212 Å². The van der Waals surface area contributed by atoms with E-state index in [2.05, 4.69) is 15.3 Å². The number of halogens is 1. The van der Waals surface area contributed by atoms with Gasteiger partial charge in [-0.2, -0.15) is 0 Å². The van der Waals surface area contributed by atoms with Crippen LogP contribution >= 0.6 is 22.9 Å². The van der Waals surface area contributed by atoms with E-state index >= 15 is 0 Å². The van der Waals surface area contributed by atoms with Crippen molar-refractivity contribution in [2.45, 2.75) is 46.3 Å². The molecule has 2 amide bonds. The van der Waals surface area contributed by atoms with Crippen molar-refractivity contribution in [1.29, 1.82) is 0 Å². The number of rotatable bonds is 5. The van der Waals surface area contributed by atoms with Crippen LogP contribution in [0.4, 0.5) is 0 Å². The molecule has 2 unspecified atom stereocenters. The fourth-order valence-corrected chi connectivity index (χ4v) is 6.94. The molecule has 7 nitrogen and oxygen atoms in total. The highest BCUT2D eigenvalue weighted by atomic mass is 35.5. The molecule has 2 saturated heterocycles. The van der Waals surface area contributed by atoms with Crippen LogP contribution in [0.25, 0.3) is 21.5 Å². The molecule has 1 aromatic carbocycles. The number of imide groups is 1. The predicted molar refractivity (Wildman–Crippen MR) is 135 cm³/mol. The third kappa shape index (κ3) is 3.74. The number of benzene rings is 1. The van der Waals surface area contributed by atoms with Crippen LogP contribution in [0.5, 0.6) is 5.75 Å². The number of hydrogen-bond acceptors (Lipinski definition) is 7. The molecule has 2 aliphatic heterocycles. The van der Waals surface area contributed by atoms with Crippen LogP contribution in [-0.2, 0) is 16.1 Å². The third-order valence-electron chi connectivity index (χ3n) is 7.59. The van der Waals surface area contributed by atoms with Gasteiger partial charge in [-0.15, -0.1) is 11.3 Å². The maximum Gasteiger partial charge on any atom is 0.234 e. The van der Waals surface area contributed by atoms with Gasteiger partial charge in [0.05, 0.1) is 23.1 Å². The van der Waals surface area contributed by atoms with Crippen molar-refractivity contribution in [2.24, 2.45) is 17.3 Å². The smallest absolute Gasteiger partial charge is 0.234 e. The molecular weight excluding hydrogens is 484 g/mol. The van der Waals surface area contributed by atoms with Crippen LogP contribution in [0.15, 0.2) is 24.4 Å². The fraction of sp³-hybridized carbons (Fsp3) is 0.462. The number of thiazole rings is 1. The molecule has 0 spiro atoms. The summed E-state index contributed by atoms with van der Waals surface area (Å²) < 4.78 is 7.39. The van der Waals surface area contributed by atoms with E-state index in [0.717, 1.165) is 53.1 Å². The van der Waals surface area contributed by atoms with Gasteiger partial charge in [0.15, 0.2) is 5.65 Å². The highest BCUT2D eigenvalue weighted by Crippen LogP contribution is 2.63. The third-order valence-corrected chi connectivity index (χ3v) is 8.87. The summed E-state index contributed by atoms with van der Waals surface area (Å²) in [4.78, 5) is 36.1. The summed E-state index contributed by atoms with van der Waals surface area (Å²) in [5.74, 6) is 0.264. The topological polar surface area (TPSA) is 84.4 Å². The van der Waals surface area contributed by atoms with Crippen molar-refractivity contribution in [3.8, 4) is 16.9 Å². The van der Waals surface area contributed by atoms with Gasteiger partial charge in [0.1, 0.15) is 16.9 Å². The average molecular weight is 511 g/mol. The Morgan fingerprint density at radius 3 is 2.71 bits per heavy atom. The Morgan fingerprint density at radius 2 is 2.00 bits per heavy atom. The monoisotopic (exact) mass is 510 g/mol. The van der Waals surface area contributed by atoms with Crippen LogP contribution in [0.2, 0.25) is 5.02 Å². The molecule has 0 bridgehead atoms. The number of pyridine rings is 1. The van der Waals surface area contributed by atoms with E-state index in [-0.39, 0.29) is 41.7 Å². The van der Waals surface area contributed by atoms with Gasteiger partial charge in [-0.1, -0.05) is 25.4 Å². The van der Waals surface area contributed by atoms with Gasteiger partial charge in [-0.25, -0.2) is 9.97 Å². The van der Waals surface area contributed by atoms with Crippen molar-refractivity contribution < 1.29 is 14.3 Å². The molecule has 6 rings (SSSR count). The van der Waals surface area contributed by atoms with Gasteiger partial charge in [0.25, 0.3) is 0 Å². The first kappa shape index (κ1) is 22.9. The van der Waals surface area contributed by atoms with E-state index in [9.17, 15) is 9.59 Å². The number of ether oxygens (including phenoxy) is 1. The quantitative estimate of drug-likeness (QED) is 0.505. The second kappa shape index (κ2) is 8.25. The average Bonchev–Trinajstić information content (AvgIpc) is 3.07. The first-order valence-electron chi connectivity index (χ1n) is 12.0. The lowest BCUT2D eigenvalue weighted by molar-refractivity contribution is -0.143. The zero-order valence-electron chi connectivity index (χ0n) is 19.9. The normalized spacial score (nSPS) is 25.3. The Bertz CT molecular complexity index is 1340. The molecule has 9 heteroatoms. The van der Waals surface area contributed by atoms with Crippen molar-refractivity contribution in [1.82, 2.24) is 20.2 Å². The van der Waals surface area contributed by atoms with Crippen LogP contribution in [0.3, 0.4) is 0 Å². The van der Waals surface area contributed by atoms with Crippen molar-refractivity contribution >= 4 is 45.1 Å². The molecule has 1 N–H and O–H groups in total. The van der Waals surface area contributed by atoms with Gasteiger partial charge in [0, 0.05) is 28.9 Å². The number of carbonyl (C=O) groups excluding carboxylic acids is 2. The molecule has 0 radical (unpaired) electrons. The van der Waals surface area contributed by atoms with E-state index in [1.54, 1.807) is 6.20 Å². The van der Waals surface area contributed by atoms with E-state index in [4.69, 9.17) is 16.3 Å². The van der Waals surface area contributed by atoms with Gasteiger partial charge in [0.2, 0.25) is 11.8 Å². The molecule has 4 heterocycles. The van der Waals surface area contributed by atoms with Crippen LogP contribution in [0, 0.1) is 24.2 Å². The minimum absolute atomic E-state index is 0.0836. The van der Waals surface area contributed by atoms with E-state index < -0.39 is 0 Å². The Hall–Kier alpha value is -2.55. The molecule has 3 fully saturated rings. The minimum atomic E-state index is -0.221. The van der Waals surface area contributed by atoms with Crippen molar-refractivity contribution in [3.05, 3.63) is 40.0 Å². The number of amides is 2. The number of fused-ring (bicyclic) bond motifs is 2. The summed E-state index contributed by atoms with van der Waals surface area (Å²) >= 11 is 7.94. The number of aryl methyl sites for hydroxylation is 1. The van der Waals surface area contributed by atoms with Gasteiger partial charge in [-0.3, -0.25) is 14.5 Å². The number of carbonyl (C=O) groups is 2. The molecule has 3 aromatic rings. The van der Waals surface area contributed by atoms with Crippen LogP contribution in [-0.4, -0.2) is 45.9 Å². The second-order valence-corrected chi connectivity index (χ2v) is 11.9. The molecule has 1 aliphatic carbocycles. The Morgan fingerprint density at radius 1 is 1.23 bits per heavy atom. The van der Waals surface area contributed by atoms with Gasteiger partial charge >= 0.3 is 0 Å². The standard InChI is InChI=1S/C26H27ClN4O3S/c1-13-9-14(27)10-17(21(13)34-15-5-4-7-28-11-15)16-6-8-29-23-22(16)35-18(30-23)12-31-24(32)19-20(25(31)33)26(19,2)3/h6,8-10,15,19-20,28H,4-5,7,11-12H2,1-3H3/t15-,19?,20?/m0/s1. The first-order chi connectivity index (χ1) is 16.8. The summed E-state index contributed by atoms with van der Waals surface area (Å²) in [7, 11) is 0. The number of nitrogens with one attached hydrogen (secondary N) is 1. The molecule has 2 aromatic heterocycles. The van der Waals surface area contributed by atoms with E-state index in [1.807, 2.05) is 39.0 Å². The first-order valence-corrected chi connectivity index (χ1v) is 13.2. The van der Waals surface area contributed by atoms with Crippen molar-refractivity contribution in [2.75, 3.05) is 13.1 Å². The van der Waals surface area contributed by atoms with Crippen LogP contribution < -0.4 is 10.1 Å². The van der Waals surface area contributed by atoms with Crippen molar-refractivity contribution in [3.63, 3.8) is 0 Å². The Kier molecular flexibility index (Phi) is 5.39. The summed E-state index contributed by atoms with van der Waals surface area (Å²) in [5, 5.41) is 4.73.